The summed E-state index contributed by atoms with van der Waals surface area (Å²) >= 11 is 0. The van der Waals surface area contributed by atoms with Crippen molar-refractivity contribution >= 4 is 5.96 Å². The van der Waals surface area contributed by atoms with E-state index in [4.69, 9.17) is 9.73 Å². The van der Waals surface area contributed by atoms with Gasteiger partial charge in [-0.25, -0.2) is 4.99 Å². The Labute approximate surface area is 189 Å². The minimum Gasteiger partial charge on any atom is -0.373 e. The Balaban J connectivity index is 1.49. The van der Waals surface area contributed by atoms with Crippen molar-refractivity contribution in [2.75, 3.05) is 39.3 Å². The van der Waals surface area contributed by atoms with Gasteiger partial charge >= 0.3 is 0 Å². The molecule has 0 amide bonds. The van der Waals surface area contributed by atoms with Crippen molar-refractivity contribution in [3.8, 4) is 0 Å². The molecule has 2 saturated heterocycles. The number of morpholine rings is 1. The molecule has 0 aliphatic carbocycles. The number of likely N-dealkylation sites (tertiary alicyclic amines) is 1. The smallest absolute Gasteiger partial charge is 0.191 e. The summed E-state index contributed by atoms with van der Waals surface area (Å²) in [6.07, 6.45) is 4.25. The Bertz CT molecular complexity index is 659. The van der Waals surface area contributed by atoms with Crippen molar-refractivity contribution in [3.63, 3.8) is 0 Å². The molecule has 1 aromatic carbocycles. The summed E-state index contributed by atoms with van der Waals surface area (Å²) in [4.78, 5) is 9.91. The summed E-state index contributed by atoms with van der Waals surface area (Å²) in [6, 6.07) is 9.46. The van der Waals surface area contributed by atoms with Crippen LogP contribution in [0.1, 0.15) is 58.1 Å². The van der Waals surface area contributed by atoms with E-state index in [1.165, 1.54) is 50.0 Å². The van der Waals surface area contributed by atoms with Crippen molar-refractivity contribution < 1.29 is 4.74 Å². The summed E-state index contributed by atoms with van der Waals surface area (Å²) in [5.74, 6) is 0.941. The van der Waals surface area contributed by atoms with Gasteiger partial charge in [-0.3, -0.25) is 4.90 Å². The molecule has 2 aliphatic heterocycles. The molecule has 2 aliphatic rings. The van der Waals surface area contributed by atoms with Crippen LogP contribution in [0.3, 0.4) is 0 Å². The zero-order chi connectivity index (χ0) is 22.1. The summed E-state index contributed by atoms with van der Waals surface area (Å²) in [7, 11) is 0. The maximum Gasteiger partial charge on any atom is 0.191 e. The van der Waals surface area contributed by atoms with E-state index in [9.17, 15) is 0 Å². The first kappa shape index (κ1) is 24.0. The number of nitrogens with one attached hydrogen (secondary N) is 2. The second-order valence-electron chi connectivity index (χ2n) is 9.22. The topological polar surface area (TPSA) is 52.1 Å². The first-order valence-corrected chi connectivity index (χ1v) is 12.3. The second-order valence-corrected chi connectivity index (χ2v) is 9.22. The minimum absolute atomic E-state index is 0.313. The fourth-order valence-electron chi connectivity index (χ4n) is 4.72. The molecular weight excluding hydrogens is 386 g/mol. The molecule has 0 aromatic heterocycles. The van der Waals surface area contributed by atoms with Crippen LogP contribution in [0.15, 0.2) is 29.3 Å². The normalized spacial score (nSPS) is 24.3. The molecule has 6 heteroatoms. The van der Waals surface area contributed by atoms with Crippen molar-refractivity contribution in [2.24, 2.45) is 4.99 Å². The fraction of sp³-hybridized carbons (Fsp3) is 0.720. The molecule has 0 spiro atoms. The SMILES string of the molecule is CCCN1CCC(NC(=NCc2ccc(CN3CC(C)OC(C)C3)cc2)NCC)CC1. The molecule has 2 N–H and O–H groups in total. The highest BCUT2D eigenvalue weighted by Gasteiger charge is 2.22. The Kier molecular flexibility index (Phi) is 9.62. The second kappa shape index (κ2) is 12.4. The van der Waals surface area contributed by atoms with Crippen LogP contribution in [0.25, 0.3) is 0 Å². The first-order chi connectivity index (χ1) is 15.1. The van der Waals surface area contributed by atoms with Crippen LogP contribution in [0.5, 0.6) is 0 Å². The molecule has 1 aromatic rings. The molecule has 174 valence electrons. The highest BCUT2D eigenvalue weighted by atomic mass is 16.5. The molecule has 0 radical (unpaired) electrons. The van der Waals surface area contributed by atoms with Crippen LogP contribution >= 0.6 is 0 Å². The molecule has 6 nitrogen and oxygen atoms in total. The third-order valence-corrected chi connectivity index (χ3v) is 6.16. The summed E-state index contributed by atoms with van der Waals surface area (Å²) in [5.41, 5.74) is 2.61. The zero-order valence-electron chi connectivity index (χ0n) is 20.1. The third kappa shape index (κ3) is 8.09. The Morgan fingerprint density at radius 1 is 1.00 bits per heavy atom. The van der Waals surface area contributed by atoms with E-state index in [1.807, 2.05) is 0 Å². The standard InChI is InChI=1S/C25H43N5O/c1-5-13-29-14-11-24(12-15-29)28-25(26-6-2)27-16-22-7-9-23(10-8-22)19-30-17-20(3)31-21(4)18-30/h7-10,20-21,24H,5-6,11-19H2,1-4H3,(H2,26,27,28). The van der Waals surface area contributed by atoms with Gasteiger partial charge in [-0.05, 0) is 57.7 Å². The number of ether oxygens (including phenoxy) is 1. The van der Waals surface area contributed by atoms with Crippen LogP contribution in [0.4, 0.5) is 0 Å². The van der Waals surface area contributed by atoms with E-state index >= 15 is 0 Å². The van der Waals surface area contributed by atoms with Gasteiger partial charge in [0.2, 0.25) is 0 Å². The largest absolute Gasteiger partial charge is 0.373 e. The number of rotatable bonds is 8. The van der Waals surface area contributed by atoms with E-state index in [0.29, 0.717) is 24.8 Å². The van der Waals surface area contributed by atoms with Gasteiger partial charge in [-0.1, -0.05) is 31.2 Å². The van der Waals surface area contributed by atoms with Crippen LogP contribution in [0, 0.1) is 0 Å². The van der Waals surface area contributed by atoms with E-state index in [0.717, 1.165) is 32.1 Å². The lowest BCUT2D eigenvalue weighted by molar-refractivity contribution is -0.0704. The molecule has 31 heavy (non-hydrogen) atoms. The van der Waals surface area contributed by atoms with E-state index in [1.54, 1.807) is 0 Å². The predicted octanol–water partition coefficient (Wildman–Crippen LogP) is 3.23. The van der Waals surface area contributed by atoms with Gasteiger partial charge in [0.1, 0.15) is 0 Å². The molecule has 0 bridgehead atoms. The maximum atomic E-state index is 5.85. The molecular formula is C25H43N5O. The van der Waals surface area contributed by atoms with Crippen molar-refractivity contribution in [3.05, 3.63) is 35.4 Å². The molecule has 2 unspecified atom stereocenters. The van der Waals surface area contributed by atoms with Gasteiger partial charge in [-0.2, -0.15) is 0 Å². The average Bonchev–Trinajstić information content (AvgIpc) is 2.74. The zero-order valence-corrected chi connectivity index (χ0v) is 20.1. The third-order valence-electron chi connectivity index (χ3n) is 6.16. The summed E-state index contributed by atoms with van der Waals surface area (Å²) in [5, 5.41) is 7.07. The van der Waals surface area contributed by atoms with E-state index < -0.39 is 0 Å². The van der Waals surface area contributed by atoms with Crippen molar-refractivity contribution in [2.45, 2.75) is 78.3 Å². The Morgan fingerprint density at radius 2 is 1.65 bits per heavy atom. The summed E-state index contributed by atoms with van der Waals surface area (Å²) < 4.78 is 5.85. The number of hydrogen-bond acceptors (Lipinski definition) is 4. The molecule has 2 atom stereocenters. The number of aliphatic imine (C=N–C) groups is 1. The van der Waals surface area contributed by atoms with Gasteiger partial charge in [-0.15, -0.1) is 0 Å². The quantitative estimate of drug-likeness (QED) is 0.491. The number of piperidine rings is 1. The minimum atomic E-state index is 0.313. The molecule has 0 saturated carbocycles. The van der Waals surface area contributed by atoms with Crippen LogP contribution in [-0.4, -0.2) is 73.3 Å². The fourth-order valence-corrected chi connectivity index (χ4v) is 4.72. The van der Waals surface area contributed by atoms with Crippen LogP contribution in [-0.2, 0) is 17.8 Å². The van der Waals surface area contributed by atoms with Crippen LogP contribution in [0.2, 0.25) is 0 Å². The van der Waals surface area contributed by atoms with E-state index in [-0.39, 0.29) is 0 Å². The van der Waals surface area contributed by atoms with Gasteiger partial charge in [0.15, 0.2) is 5.96 Å². The lowest BCUT2D eigenvalue weighted by atomic mass is 10.1. The van der Waals surface area contributed by atoms with Crippen molar-refractivity contribution in [1.29, 1.82) is 0 Å². The Morgan fingerprint density at radius 3 is 2.26 bits per heavy atom. The number of hydrogen-bond donors (Lipinski definition) is 2. The van der Waals surface area contributed by atoms with E-state index in [2.05, 4.69) is 72.4 Å². The molecule has 2 fully saturated rings. The van der Waals surface area contributed by atoms with Gasteiger partial charge < -0.3 is 20.3 Å². The van der Waals surface area contributed by atoms with Crippen LogP contribution < -0.4 is 10.6 Å². The maximum absolute atomic E-state index is 5.85. The van der Waals surface area contributed by atoms with Gasteiger partial charge in [0, 0.05) is 45.3 Å². The summed E-state index contributed by atoms with van der Waals surface area (Å²) in [6.45, 7) is 16.9. The predicted molar refractivity (Wildman–Crippen MR) is 129 cm³/mol. The van der Waals surface area contributed by atoms with Gasteiger partial charge in [0.05, 0.1) is 18.8 Å². The first-order valence-electron chi connectivity index (χ1n) is 12.3. The highest BCUT2D eigenvalue weighted by molar-refractivity contribution is 5.80. The Hall–Kier alpha value is -1.63. The molecule has 3 rings (SSSR count). The molecule has 2 heterocycles. The number of benzene rings is 1. The highest BCUT2D eigenvalue weighted by Crippen LogP contribution is 2.15. The van der Waals surface area contributed by atoms with Crippen molar-refractivity contribution in [1.82, 2.24) is 20.4 Å². The number of guanidine groups is 1. The number of nitrogens with zero attached hydrogens (tertiary/aromatic N) is 3. The lowest BCUT2D eigenvalue weighted by Crippen LogP contribution is -2.48. The van der Waals surface area contributed by atoms with Gasteiger partial charge in [0.25, 0.3) is 0 Å². The average molecular weight is 430 g/mol. The monoisotopic (exact) mass is 429 g/mol. The lowest BCUT2D eigenvalue weighted by Gasteiger charge is -2.35.